The molecule has 0 spiro atoms. The van der Waals surface area contributed by atoms with E-state index >= 15 is 0 Å². The Morgan fingerprint density at radius 2 is 2.04 bits per heavy atom. The summed E-state index contributed by atoms with van der Waals surface area (Å²) < 4.78 is 1.73. The number of carbonyl (C=O) groups excluding carboxylic acids is 1. The van der Waals surface area contributed by atoms with Crippen LogP contribution in [0.3, 0.4) is 0 Å². The molecule has 0 radical (unpaired) electrons. The highest BCUT2D eigenvalue weighted by atomic mass is 32.1. The number of hydrogen-bond acceptors (Lipinski definition) is 5. The minimum atomic E-state index is -0.173. The van der Waals surface area contributed by atoms with E-state index in [0.29, 0.717) is 12.4 Å². The molecular formula is C20H22N4O2S. The third-order valence-electron chi connectivity index (χ3n) is 5.04. The van der Waals surface area contributed by atoms with Crippen molar-refractivity contribution < 1.29 is 9.90 Å². The zero-order chi connectivity index (χ0) is 18.8. The maximum absolute atomic E-state index is 13.1. The fraction of sp³-hybridized carbons (Fsp3) is 0.350. The molecule has 27 heavy (non-hydrogen) atoms. The van der Waals surface area contributed by atoms with Gasteiger partial charge in [-0.15, -0.1) is 16.4 Å². The molecule has 0 bridgehead atoms. The van der Waals surface area contributed by atoms with Crippen molar-refractivity contribution >= 4 is 17.2 Å². The van der Waals surface area contributed by atoms with Gasteiger partial charge >= 0.3 is 0 Å². The summed E-state index contributed by atoms with van der Waals surface area (Å²) in [5.74, 6) is 0.821. The van der Waals surface area contributed by atoms with Crippen LogP contribution in [0.4, 0.5) is 0 Å². The predicted molar refractivity (Wildman–Crippen MR) is 105 cm³/mol. The zero-order valence-electron chi connectivity index (χ0n) is 15.2. The Hall–Kier alpha value is -2.51. The van der Waals surface area contributed by atoms with Crippen molar-refractivity contribution in [1.29, 1.82) is 0 Å². The minimum Gasteiger partial charge on any atom is -0.396 e. The van der Waals surface area contributed by atoms with Crippen LogP contribution in [0.1, 0.15) is 30.4 Å². The lowest BCUT2D eigenvalue weighted by Gasteiger charge is -2.36. The summed E-state index contributed by atoms with van der Waals surface area (Å²) in [6.07, 6.45) is 1.82. The van der Waals surface area contributed by atoms with Crippen LogP contribution in [0.15, 0.2) is 47.8 Å². The van der Waals surface area contributed by atoms with Crippen molar-refractivity contribution in [3.05, 3.63) is 53.7 Å². The topological polar surface area (TPSA) is 71.2 Å². The predicted octanol–water partition coefficient (Wildman–Crippen LogP) is 3.23. The molecule has 0 unspecified atom stereocenters. The number of aromatic nitrogens is 3. The Labute approximate surface area is 162 Å². The maximum atomic E-state index is 13.1. The lowest BCUT2D eigenvalue weighted by Crippen LogP contribution is -2.46. The first-order valence-corrected chi connectivity index (χ1v) is 10.0. The monoisotopic (exact) mass is 382 g/mol. The molecule has 1 N–H and O–H groups in total. The molecule has 0 saturated carbocycles. The van der Waals surface area contributed by atoms with Gasteiger partial charge in [-0.3, -0.25) is 4.79 Å². The highest BCUT2D eigenvalue weighted by Gasteiger charge is 2.32. The van der Waals surface area contributed by atoms with Crippen molar-refractivity contribution in [2.45, 2.75) is 25.8 Å². The molecule has 4 rings (SSSR count). The van der Waals surface area contributed by atoms with Crippen LogP contribution in [-0.2, 0) is 0 Å². The number of aliphatic hydroxyl groups is 1. The SMILES string of the molecule is C[C@@H]1CC[C@H](CO)CN1C(=O)c1nc(-c2cccs2)n(-c2ccccc2)n1. The molecule has 1 aromatic carbocycles. The van der Waals surface area contributed by atoms with Crippen LogP contribution in [0.2, 0.25) is 0 Å². The number of hydrogen-bond donors (Lipinski definition) is 1. The van der Waals surface area contributed by atoms with E-state index < -0.39 is 0 Å². The molecule has 3 heterocycles. The summed E-state index contributed by atoms with van der Waals surface area (Å²) in [5.41, 5.74) is 0.868. The molecule has 0 aliphatic carbocycles. The van der Waals surface area contributed by atoms with Crippen LogP contribution >= 0.6 is 11.3 Å². The highest BCUT2D eigenvalue weighted by Crippen LogP contribution is 2.27. The lowest BCUT2D eigenvalue weighted by molar-refractivity contribution is 0.0477. The van der Waals surface area contributed by atoms with Gasteiger partial charge in [-0.05, 0) is 49.3 Å². The average Bonchev–Trinajstić information content (AvgIpc) is 3.38. The summed E-state index contributed by atoms with van der Waals surface area (Å²) in [7, 11) is 0. The van der Waals surface area contributed by atoms with Gasteiger partial charge in [0, 0.05) is 19.2 Å². The van der Waals surface area contributed by atoms with Gasteiger partial charge in [0.25, 0.3) is 5.91 Å². The molecule has 1 amide bonds. The minimum absolute atomic E-state index is 0.100. The second-order valence-corrected chi connectivity index (χ2v) is 7.86. The van der Waals surface area contributed by atoms with E-state index in [1.54, 1.807) is 20.9 Å². The summed E-state index contributed by atoms with van der Waals surface area (Å²) >= 11 is 1.57. The Balaban J connectivity index is 1.72. The second-order valence-electron chi connectivity index (χ2n) is 6.92. The number of nitrogens with zero attached hydrogens (tertiary/aromatic N) is 4. The van der Waals surface area contributed by atoms with Gasteiger partial charge in [-0.1, -0.05) is 24.3 Å². The van der Waals surface area contributed by atoms with Crippen LogP contribution in [0, 0.1) is 5.92 Å². The molecule has 3 aromatic rings. The van der Waals surface area contributed by atoms with E-state index in [1.165, 1.54) is 0 Å². The quantitative estimate of drug-likeness (QED) is 0.752. The number of aliphatic hydroxyl groups excluding tert-OH is 1. The highest BCUT2D eigenvalue weighted by molar-refractivity contribution is 7.13. The molecule has 1 aliphatic rings. The van der Waals surface area contributed by atoms with E-state index in [0.717, 1.165) is 23.4 Å². The van der Waals surface area contributed by atoms with Crippen LogP contribution < -0.4 is 0 Å². The molecule has 2 aromatic heterocycles. The summed E-state index contributed by atoms with van der Waals surface area (Å²) in [6.45, 7) is 2.69. The molecule has 1 fully saturated rings. The van der Waals surface area contributed by atoms with E-state index in [2.05, 4.69) is 10.1 Å². The van der Waals surface area contributed by atoms with Crippen molar-refractivity contribution in [2.24, 2.45) is 5.92 Å². The van der Waals surface area contributed by atoms with E-state index in [4.69, 9.17) is 0 Å². The molecule has 7 heteroatoms. The molecule has 1 aliphatic heterocycles. The summed E-state index contributed by atoms with van der Waals surface area (Å²) in [4.78, 5) is 20.5. The Morgan fingerprint density at radius 3 is 2.74 bits per heavy atom. The summed E-state index contributed by atoms with van der Waals surface area (Å²) in [5, 5.41) is 16.0. The van der Waals surface area contributed by atoms with E-state index in [-0.39, 0.29) is 30.3 Å². The van der Waals surface area contributed by atoms with E-state index in [1.807, 2.05) is 54.8 Å². The average molecular weight is 382 g/mol. The van der Waals surface area contributed by atoms with Crippen molar-refractivity contribution in [1.82, 2.24) is 19.7 Å². The molecular weight excluding hydrogens is 360 g/mol. The largest absolute Gasteiger partial charge is 0.396 e. The number of piperidine rings is 1. The first kappa shape index (κ1) is 17.9. The van der Waals surface area contributed by atoms with Gasteiger partial charge in [0.2, 0.25) is 5.82 Å². The number of amides is 1. The van der Waals surface area contributed by atoms with Crippen LogP contribution in [0.25, 0.3) is 16.4 Å². The van der Waals surface area contributed by atoms with Gasteiger partial charge in [-0.2, -0.15) is 0 Å². The second kappa shape index (κ2) is 7.62. The van der Waals surface area contributed by atoms with Crippen LogP contribution in [0.5, 0.6) is 0 Å². The molecule has 140 valence electrons. The first-order valence-electron chi connectivity index (χ1n) is 9.15. The number of rotatable bonds is 4. The number of carbonyl (C=O) groups is 1. The number of thiophene rings is 1. The standard InChI is InChI=1S/C20H22N4O2S/c1-14-9-10-15(13-25)12-23(14)20(26)18-21-19(17-8-5-11-27-17)24(22-18)16-6-3-2-4-7-16/h2-8,11,14-15,25H,9-10,12-13H2,1H3/t14-,15+/m1/s1. The molecule has 6 nitrogen and oxygen atoms in total. The zero-order valence-corrected chi connectivity index (χ0v) is 16.0. The Morgan fingerprint density at radius 1 is 1.22 bits per heavy atom. The van der Waals surface area contributed by atoms with Crippen molar-refractivity contribution in [3.8, 4) is 16.4 Å². The number of benzene rings is 1. The van der Waals surface area contributed by atoms with Crippen LogP contribution in [-0.4, -0.2) is 49.9 Å². The lowest BCUT2D eigenvalue weighted by atomic mass is 9.94. The van der Waals surface area contributed by atoms with Gasteiger partial charge in [0.05, 0.1) is 10.6 Å². The first-order chi connectivity index (χ1) is 13.2. The fourth-order valence-electron chi connectivity index (χ4n) is 3.46. The fourth-order valence-corrected chi connectivity index (χ4v) is 4.16. The van der Waals surface area contributed by atoms with Crippen molar-refractivity contribution in [2.75, 3.05) is 13.2 Å². The Bertz CT molecular complexity index is 907. The third kappa shape index (κ3) is 3.52. The third-order valence-corrected chi connectivity index (χ3v) is 5.91. The van der Waals surface area contributed by atoms with Crippen molar-refractivity contribution in [3.63, 3.8) is 0 Å². The van der Waals surface area contributed by atoms with Gasteiger partial charge < -0.3 is 10.0 Å². The van der Waals surface area contributed by atoms with E-state index in [9.17, 15) is 9.90 Å². The maximum Gasteiger partial charge on any atom is 0.293 e. The Kier molecular flexibility index (Phi) is 5.05. The molecule has 1 saturated heterocycles. The smallest absolute Gasteiger partial charge is 0.293 e. The van der Waals surface area contributed by atoms with Gasteiger partial charge in [0.15, 0.2) is 5.82 Å². The summed E-state index contributed by atoms with van der Waals surface area (Å²) in [6, 6.07) is 13.8. The van der Waals surface area contributed by atoms with Gasteiger partial charge in [-0.25, -0.2) is 9.67 Å². The number of para-hydroxylation sites is 1. The number of likely N-dealkylation sites (tertiary alicyclic amines) is 1. The molecule has 2 atom stereocenters. The van der Waals surface area contributed by atoms with Gasteiger partial charge in [0.1, 0.15) is 0 Å². The normalized spacial score (nSPS) is 20.0.